The number of nitrogens with one attached hydrogen (secondary N) is 1. The van der Waals surface area contributed by atoms with Gasteiger partial charge >= 0.3 is 0 Å². The summed E-state index contributed by atoms with van der Waals surface area (Å²) >= 11 is 6.15. The van der Waals surface area contributed by atoms with Crippen molar-refractivity contribution >= 4 is 22.6 Å². The van der Waals surface area contributed by atoms with E-state index < -0.39 is 0 Å². The van der Waals surface area contributed by atoms with E-state index in [2.05, 4.69) is 25.2 Å². The second kappa shape index (κ2) is 7.70. The molecule has 0 amide bonds. The maximum absolute atomic E-state index is 6.15. The Morgan fingerprint density at radius 1 is 1.20 bits per heavy atom. The van der Waals surface area contributed by atoms with E-state index >= 15 is 0 Å². The number of fused-ring (bicyclic) bond motifs is 1. The first kappa shape index (κ1) is 15.4. The van der Waals surface area contributed by atoms with Crippen LogP contribution in [-0.4, -0.2) is 12.6 Å². The third-order valence-electron chi connectivity index (χ3n) is 3.61. The molecule has 2 aromatic rings. The standard InChI is InChI=1S/C17H24ClNO/c1-3-6-14(19-11-4-2)9-10-15-12-13-7-5-8-16(18)17(13)20-15/h5,7-8,12,14,19H,3-4,6,9-11H2,1-2H3. The van der Waals surface area contributed by atoms with Crippen molar-refractivity contribution < 1.29 is 4.42 Å². The lowest BCUT2D eigenvalue weighted by atomic mass is 10.0. The van der Waals surface area contributed by atoms with Crippen LogP contribution in [-0.2, 0) is 6.42 Å². The number of hydrogen-bond donors (Lipinski definition) is 1. The molecular weight excluding hydrogens is 270 g/mol. The maximum atomic E-state index is 6.15. The molecular formula is C17H24ClNO. The molecule has 2 nitrogen and oxygen atoms in total. The molecule has 20 heavy (non-hydrogen) atoms. The Morgan fingerprint density at radius 3 is 2.75 bits per heavy atom. The molecule has 1 aromatic heterocycles. The average Bonchev–Trinajstić information content (AvgIpc) is 2.86. The fraction of sp³-hybridized carbons (Fsp3) is 0.529. The van der Waals surface area contributed by atoms with Crippen LogP contribution >= 0.6 is 11.6 Å². The summed E-state index contributed by atoms with van der Waals surface area (Å²) in [5, 5.41) is 5.41. The van der Waals surface area contributed by atoms with Gasteiger partial charge in [0.25, 0.3) is 0 Å². The minimum absolute atomic E-state index is 0.587. The van der Waals surface area contributed by atoms with Gasteiger partial charge in [-0.15, -0.1) is 0 Å². The first-order valence-corrected chi connectivity index (χ1v) is 8.02. The van der Waals surface area contributed by atoms with Crippen LogP contribution in [0.3, 0.4) is 0 Å². The maximum Gasteiger partial charge on any atom is 0.152 e. The summed E-state index contributed by atoms with van der Waals surface area (Å²) in [6.07, 6.45) is 5.70. The number of aryl methyl sites for hydroxylation is 1. The first-order valence-electron chi connectivity index (χ1n) is 7.65. The van der Waals surface area contributed by atoms with E-state index in [1.165, 1.54) is 19.3 Å². The second-order valence-corrected chi connectivity index (χ2v) is 5.76. The number of halogens is 1. The zero-order chi connectivity index (χ0) is 14.4. The van der Waals surface area contributed by atoms with Crippen molar-refractivity contribution in [2.24, 2.45) is 0 Å². The van der Waals surface area contributed by atoms with Gasteiger partial charge in [-0.2, -0.15) is 0 Å². The smallest absolute Gasteiger partial charge is 0.152 e. The van der Waals surface area contributed by atoms with Crippen LogP contribution in [0.15, 0.2) is 28.7 Å². The van der Waals surface area contributed by atoms with Crippen molar-refractivity contribution in [1.82, 2.24) is 5.32 Å². The molecule has 2 rings (SSSR count). The van der Waals surface area contributed by atoms with Gasteiger partial charge < -0.3 is 9.73 Å². The number of para-hydroxylation sites is 1. The summed E-state index contributed by atoms with van der Waals surface area (Å²) < 4.78 is 5.87. The molecule has 1 atom stereocenters. The molecule has 0 fully saturated rings. The van der Waals surface area contributed by atoms with Gasteiger partial charge in [0.05, 0.1) is 5.02 Å². The SMILES string of the molecule is CCCNC(CCC)CCc1cc2cccc(Cl)c2o1. The van der Waals surface area contributed by atoms with Crippen molar-refractivity contribution in [2.45, 2.75) is 52.0 Å². The first-order chi connectivity index (χ1) is 9.74. The minimum atomic E-state index is 0.587. The van der Waals surface area contributed by atoms with E-state index in [1.54, 1.807) is 0 Å². The van der Waals surface area contributed by atoms with Gasteiger partial charge in [-0.1, -0.05) is 44.0 Å². The highest BCUT2D eigenvalue weighted by atomic mass is 35.5. The molecule has 3 heteroatoms. The van der Waals surface area contributed by atoms with E-state index in [9.17, 15) is 0 Å². The van der Waals surface area contributed by atoms with Crippen molar-refractivity contribution in [3.63, 3.8) is 0 Å². The Hall–Kier alpha value is -0.990. The van der Waals surface area contributed by atoms with Crippen LogP contribution in [0.25, 0.3) is 11.0 Å². The van der Waals surface area contributed by atoms with Gasteiger partial charge in [0, 0.05) is 17.8 Å². The number of furan rings is 1. The predicted molar refractivity (Wildman–Crippen MR) is 86.5 cm³/mol. The highest BCUT2D eigenvalue weighted by molar-refractivity contribution is 6.34. The molecule has 1 N–H and O–H groups in total. The number of benzene rings is 1. The molecule has 1 heterocycles. The third-order valence-corrected chi connectivity index (χ3v) is 3.90. The van der Waals surface area contributed by atoms with Gasteiger partial charge in [-0.3, -0.25) is 0 Å². The fourth-order valence-corrected chi connectivity index (χ4v) is 2.79. The van der Waals surface area contributed by atoms with Gasteiger partial charge in [0.2, 0.25) is 0 Å². The van der Waals surface area contributed by atoms with Crippen LogP contribution in [0.4, 0.5) is 0 Å². The quantitative estimate of drug-likeness (QED) is 0.725. The lowest BCUT2D eigenvalue weighted by molar-refractivity contribution is 0.429. The molecule has 0 saturated carbocycles. The highest BCUT2D eigenvalue weighted by Crippen LogP contribution is 2.27. The summed E-state index contributed by atoms with van der Waals surface area (Å²) in [6.45, 7) is 5.54. The molecule has 0 saturated heterocycles. The Morgan fingerprint density at radius 2 is 2.05 bits per heavy atom. The summed E-state index contributed by atoms with van der Waals surface area (Å²) in [5.74, 6) is 1.03. The molecule has 0 aliphatic carbocycles. The largest absolute Gasteiger partial charge is 0.460 e. The molecule has 110 valence electrons. The molecule has 0 spiro atoms. The summed E-state index contributed by atoms with van der Waals surface area (Å²) in [7, 11) is 0. The van der Waals surface area contributed by atoms with Crippen LogP contribution in [0.5, 0.6) is 0 Å². The lowest BCUT2D eigenvalue weighted by Crippen LogP contribution is -2.30. The zero-order valence-corrected chi connectivity index (χ0v) is 13.2. The summed E-state index contributed by atoms with van der Waals surface area (Å²) in [5.41, 5.74) is 0.817. The Kier molecular flexibility index (Phi) is 5.93. The molecule has 0 radical (unpaired) electrons. The second-order valence-electron chi connectivity index (χ2n) is 5.35. The molecule has 0 bridgehead atoms. The van der Waals surface area contributed by atoms with E-state index in [0.717, 1.165) is 36.1 Å². The molecule has 1 unspecified atom stereocenters. The third kappa shape index (κ3) is 4.00. The van der Waals surface area contributed by atoms with Gasteiger partial charge in [0.15, 0.2) is 5.58 Å². The summed E-state index contributed by atoms with van der Waals surface area (Å²) in [6, 6.07) is 8.59. The van der Waals surface area contributed by atoms with Gasteiger partial charge in [0.1, 0.15) is 5.76 Å². The van der Waals surface area contributed by atoms with Crippen molar-refractivity contribution in [3.05, 3.63) is 35.0 Å². The van der Waals surface area contributed by atoms with E-state index in [1.807, 2.05) is 18.2 Å². The zero-order valence-electron chi connectivity index (χ0n) is 12.4. The Bertz CT molecular complexity index is 535. The number of rotatable bonds is 8. The van der Waals surface area contributed by atoms with E-state index in [0.29, 0.717) is 11.1 Å². The van der Waals surface area contributed by atoms with Crippen LogP contribution in [0.2, 0.25) is 5.02 Å². The Labute approximate surface area is 126 Å². The Balaban J connectivity index is 1.98. The van der Waals surface area contributed by atoms with Crippen molar-refractivity contribution in [3.8, 4) is 0 Å². The average molecular weight is 294 g/mol. The van der Waals surface area contributed by atoms with Crippen LogP contribution in [0.1, 0.15) is 45.3 Å². The van der Waals surface area contributed by atoms with Crippen LogP contribution < -0.4 is 5.32 Å². The van der Waals surface area contributed by atoms with Crippen LogP contribution in [0, 0.1) is 0 Å². The molecule has 1 aromatic carbocycles. The monoisotopic (exact) mass is 293 g/mol. The lowest BCUT2D eigenvalue weighted by Gasteiger charge is -2.16. The van der Waals surface area contributed by atoms with Crippen molar-refractivity contribution in [1.29, 1.82) is 0 Å². The van der Waals surface area contributed by atoms with Gasteiger partial charge in [-0.25, -0.2) is 0 Å². The predicted octanol–water partition coefficient (Wildman–Crippen LogP) is 5.19. The highest BCUT2D eigenvalue weighted by Gasteiger charge is 2.10. The topological polar surface area (TPSA) is 25.2 Å². The minimum Gasteiger partial charge on any atom is -0.460 e. The van der Waals surface area contributed by atoms with E-state index in [-0.39, 0.29) is 0 Å². The normalized spacial score (nSPS) is 12.9. The summed E-state index contributed by atoms with van der Waals surface area (Å²) in [4.78, 5) is 0. The number of hydrogen-bond acceptors (Lipinski definition) is 2. The fourth-order valence-electron chi connectivity index (χ4n) is 2.57. The van der Waals surface area contributed by atoms with Crippen molar-refractivity contribution in [2.75, 3.05) is 6.54 Å². The van der Waals surface area contributed by atoms with Gasteiger partial charge in [-0.05, 0) is 37.9 Å². The molecule has 0 aliphatic rings. The van der Waals surface area contributed by atoms with E-state index in [4.69, 9.17) is 16.0 Å². The molecule has 0 aliphatic heterocycles.